The summed E-state index contributed by atoms with van der Waals surface area (Å²) in [7, 11) is 0. The molecule has 3 heteroatoms. The molecule has 0 radical (unpaired) electrons. The Morgan fingerprint density at radius 3 is 2.12 bits per heavy atom. The van der Waals surface area contributed by atoms with Crippen LogP contribution in [0.3, 0.4) is 0 Å². The van der Waals surface area contributed by atoms with Crippen LogP contribution in [-0.4, -0.2) is 37.0 Å². The van der Waals surface area contributed by atoms with E-state index in [0.717, 1.165) is 56.9 Å². The van der Waals surface area contributed by atoms with Crippen molar-refractivity contribution in [3.05, 3.63) is 35.9 Å². The van der Waals surface area contributed by atoms with E-state index >= 15 is 0 Å². The predicted octanol–water partition coefficient (Wildman–Crippen LogP) is 2.52. The Bertz CT molecular complexity index is 612. The molecule has 1 heterocycles. The first kappa shape index (κ1) is 16.8. The van der Waals surface area contributed by atoms with Crippen LogP contribution in [0, 0.1) is 23.2 Å². The first-order valence-electron chi connectivity index (χ1n) is 10.8. The van der Waals surface area contributed by atoms with E-state index in [1.54, 1.807) is 4.90 Å². The molecular formula is C23H33N2O+. The standard InChI is InChI=1S/C23H32N2O/c26-22(16-23-13-19-10-20(14-23)12-21(11-19)15-23)25-8-6-24(7-9-25)17-18-4-2-1-3-5-18/h1-5,19-21H,6-17H2/p+1. The van der Waals surface area contributed by atoms with Gasteiger partial charge in [-0.2, -0.15) is 0 Å². The number of quaternary nitrogens is 1. The minimum atomic E-state index is 0.389. The molecule has 5 aliphatic rings. The van der Waals surface area contributed by atoms with Gasteiger partial charge in [-0.15, -0.1) is 0 Å². The zero-order valence-electron chi connectivity index (χ0n) is 16.0. The van der Waals surface area contributed by atoms with Crippen molar-refractivity contribution in [3.63, 3.8) is 0 Å². The second-order valence-electron chi connectivity index (χ2n) is 9.89. The van der Waals surface area contributed by atoms with Gasteiger partial charge in [0.25, 0.3) is 0 Å². The number of benzene rings is 1. The molecule has 0 aromatic heterocycles. The summed E-state index contributed by atoms with van der Waals surface area (Å²) in [5.74, 6) is 3.30. The van der Waals surface area contributed by atoms with Crippen LogP contribution in [0.15, 0.2) is 30.3 Å². The zero-order chi connectivity index (χ0) is 17.6. The Labute approximate surface area is 157 Å². The lowest BCUT2D eigenvalue weighted by molar-refractivity contribution is -0.917. The molecule has 1 aromatic rings. The van der Waals surface area contributed by atoms with E-state index in [0.29, 0.717) is 11.3 Å². The van der Waals surface area contributed by atoms with Crippen molar-refractivity contribution in [1.82, 2.24) is 4.90 Å². The van der Waals surface area contributed by atoms with E-state index in [9.17, 15) is 4.79 Å². The van der Waals surface area contributed by atoms with Gasteiger partial charge >= 0.3 is 0 Å². The molecule has 140 valence electrons. The first-order chi connectivity index (χ1) is 12.7. The fourth-order valence-electron chi connectivity index (χ4n) is 7.07. The molecule has 1 aromatic carbocycles. The van der Waals surface area contributed by atoms with Crippen molar-refractivity contribution >= 4 is 5.91 Å². The lowest BCUT2D eigenvalue weighted by Gasteiger charge is -2.57. The number of hydrogen-bond donors (Lipinski definition) is 1. The Hall–Kier alpha value is -1.35. The molecule has 1 aliphatic heterocycles. The molecular weight excluding hydrogens is 320 g/mol. The molecule has 1 amide bonds. The first-order valence-corrected chi connectivity index (χ1v) is 10.8. The molecule has 5 fully saturated rings. The normalized spacial score (nSPS) is 36.5. The Morgan fingerprint density at radius 2 is 1.54 bits per heavy atom. The van der Waals surface area contributed by atoms with E-state index in [-0.39, 0.29) is 0 Å². The number of carbonyl (C=O) groups is 1. The SMILES string of the molecule is O=C(CC12CC3CC(CC(C3)C1)C2)N1CC[NH+](Cc2ccccc2)CC1. The van der Waals surface area contributed by atoms with Crippen molar-refractivity contribution in [1.29, 1.82) is 0 Å². The summed E-state index contributed by atoms with van der Waals surface area (Å²) >= 11 is 0. The monoisotopic (exact) mass is 353 g/mol. The summed E-state index contributed by atoms with van der Waals surface area (Å²) in [6.45, 7) is 5.20. The Morgan fingerprint density at radius 1 is 0.962 bits per heavy atom. The third kappa shape index (κ3) is 3.31. The van der Waals surface area contributed by atoms with E-state index in [4.69, 9.17) is 0 Å². The van der Waals surface area contributed by atoms with Gasteiger partial charge in [-0.25, -0.2) is 0 Å². The van der Waals surface area contributed by atoms with Gasteiger partial charge in [0.1, 0.15) is 6.54 Å². The number of piperazine rings is 1. The third-order valence-electron chi connectivity index (χ3n) is 7.81. The summed E-state index contributed by atoms with van der Waals surface area (Å²) in [5.41, 5.74) is 1.80. The van der Waals surface area contributed by atoms with Crippen LogP contribution < -0.4 is 4.90 Å². The van der Waals surface area contributed by atoms with Crippen LogP contribution in [0.5, 0.6) is 0 Å². The molecule has 0 spiro atoms. The highest BCUT2D eigenvalue weighted by molar-refractivity contribution is 5.77. The van der Waals surface area contributed by atoms with Crippen molar-refractivity contribution in [2.45, 2.75) is 51.5 Å². The lowest BCUT2D eigenvalue weighted by atomic mass is 9.49. The number of carbonyl (C=O) groups excluding carboxylic acids is 1. The lowest BCUT2D eigenvalue weighted by Crippen LogP contribution is -3.13. The van der Waals surface area contributed by atoms with Gasteiger partial charge < -0.3 is 9.80 Å². The van der Waals surface area contributed by atoms with Crippen LogP contribution in [0.4, 0.5) is 0 Å². The van der Waals surface area contributed by atoms with Crippen LogP contribution in [0.25, 0.3) is 0 Å². The van der Waals surface area contributed by atoms with Gasteiger partial charge in [-0.1, -0.05) is 30.3 Å². The second-order valence-corrected chi connectivity index (χ2v) is 9.89. The van der Waals surface area contributed by atoms with E-state index in [1.165, 1.54) is 44.1 Å². The van der Waals surface area contributed by atoms with Gasteiger partial charge in [0.05, 0.1) is 26.2 Å². The molecule has 1 saturated heterocycles. The molecule has 0 atom stereocenters. The molecule has 26 heavy (non-hydrogen) atoms. The Kier molecular flexibility index (Phi) is 4.31. The second kappa shape index (κ2) is 6.67. The summed E-state index contributed by atoms with van der Waals surface area (Å²) in [4.78, 5) is 16.9. The van der Waals surface area contributed by atoms with Crippen LogP contribution in [0.2, 0.25) is 0 Å². The zero-order valence-corrected chi connectivity index (χ0v) is 16.0. The predicted molar refractivity (Wildman–Crippen MR) is 103 cm³/mol. The number of amides is 1. The van der Waals surface area contributed by atoms with Gasteiger partial charge in [0.2, 0.25) is 5.91 Å². The molecule has 6 rings (SSSR count). The minimum Gasteiger partial charge on any atom is -0.331 e. The minimum absolute atomic E-state index is 0.389. The van der Waals surface area contributed by atoms with Crippen LogP contribution in [-0.2, 0) is 11.3 Å². The molecule has 0 unspecified atom stereocenters. The quantitative estimate of drug-likeness (QED) is 0.884. The van der Waals surface area contributed by atoms with Crippen LogP contribution in [0.1, 0.15) is 50.5 Å². The van der Waals surface area contributed by atoms with Crippen LogP contribution >= 0.6 is 0 Å². The molecule has 4 bridgehead atoms. The maximum absolute atomic E-state index is 13.1. The number of rotatable bonds is 4. The maximum atomic E-state index is 13.1. The van der Waals surface area contributed by atoms with Crippen molar-refractivity contribution in [3.8, 4) is 0 Å². The summed E-state index contributed by atoms with van der Waals surface area (Å²) in [6.07, 6.45) is 9.31. The number of nitrogens with one attached hydrogen (secondary N) is 1. The highest BCUT2D eigenvalue weighted by Gasteiger charge is 2.51. The van der Waals surface area contributed by atoms with E-state index in [2.05, 4.69) is 35.2 Å². The summed E-state index contributed by atoms with van der Waals surface area (Å²) in [6, 6.07) is 10.8. The average Bonchev–Trinajstić information content (AvgIpc) is 2.61. The van der Waals surface area contributed by atoms with Crippen molar-refractivity contribution in [2.75, 3.05) is 26.2 Å². The van der Waals surface area contributed by atoms with Gasteiger partial charge in [0, 0.05) is 12.0 Å². The smallest absolute Gasteiger partial charge is 0.223 e. The van der Waals surface area contributed by atoms with Gasteiger partial charge in [-0.05, 0) is 61.7 Å². The highest BCUT2D eigenvalue weighted by Crippen LogP contribution is 2.61. The summed E-state index contributed by atoms with van der Waals surface area (Å²) < 4.78 is 0. The van der Waals surface area contributed by atoms with Gasteiger partial charge in [-0.3, -0.25) is 4.79 Å². The average molecular weight is 354 g/mol. The highest BCUT2D eigenvalue weighted by atomic mass is 16.2. The largest absolute Gasteiger partial charge is 0.331 e. The molecule has 4 aliphatic carbocycles. The molecule has 3 nitrogen and oxygen atoms in total. The van der Waals surface area contributed by atoms with Crippen molar-refractivity contribution < 1.29 is 9.69 Å². The van der Waals surface area contributed by atoms with E-state index < -0.39 is 0 Å². The maximum Gasteiger partial charge on any atom is 0.223 e. The number of nitrogens with zero attached hydrogens (tertiary/aromatic N) is 1. The Balaban J connectivity index is 1.15. The fraction of sp³-hybridized carbons (Fsp3) is 0.696. The van der Waals surface area contributed by atoms with Crippen molar-refractivity contribution in [2.24, 2.45) is 23.2 Å². The molecule has 1 N–H and O–H groups in total. The molecule has 4 saturated carbocycles. The number of hydrogen-bond acceptors (Lipinski definition) is 1. The van der Waals surface area contributed by atoms with Gasteiger partial charge in [0.15, 0.2) is 0 Å². The van der Waals surface area contributed by atoms with E-state index in [1.807, 2.05) is 0 Å². The topological polar surface area (TPSA) is 24.8 Å². The fourth-order valence-corrected chi connectivity index (χ4v) is 7.07. The third-order valence-corrected chi connectivity index (χ3v) is 7.81. The summed E-state index contributed by atoms with van der Waals surface area (Å²) in [5, 5.41) is 0.